The Balaban J connectivity index is 1.48. The molecule has 1 aromatic rings. The van der Waals surface area contributed by atoms with Gasteiger partial charge in [0, 0.05) is 19.0 Å². The van der Waals surface area contributed by atoms with Crippen LogP contribution in [-0.4, -0.2) is 61.3 Å². The number of hydrogen-bond acceptors (Lipinski definition) is 7. The third-order valence-corrected chi connectivity index (χ3v) is 6.48. The number of rotatable bonds is 6. The Morgan fingerprint density at radius 2 is 2.22 bits per heavy atom. The lowest BCUT2D eigenvalue weighted by atomic mass is 10.1. The Labute approximate surface area is 156 Å². The zero-order chi connectivity index (χ0) is 19.6. The van der Waals surface area contributed by atoms with Crippen LogP contribution in [-0.2, 0) is 35.5 Å². The van der Waals surface area contributed by atoms with Gasteiger partial charge in [-0.25, -0.2) is 8.42 Å². The van der Waals surface area contributed by atoms with Gasteiger partial charge in [-0.3, -0.25) is 14.4 Å². The van der Waals surface area contributed by atoms with Crippen molar-refractivity contribution in [1.29, 1.82) is 0 Å². The molecule has 3 heterocycles. The highest BCUT2D eigenvalue weighted by molar-refractivity contribution is 7.91. The van der Waals surface area contributed by atoms with Crippen LogP contribution in [0.25, 0.3) is 0 Å². The van der Waals surface area contributed by atoms with Crippen LogP contribution in [0.4, 0.5) is 0 Å². The predicted octanol–water partition coefficient (Wildman–Crippen LogP) is -0.137. The van der Waals surface area contributed by atoms with Crippen molar-refractivity contribution in [2.45, 2.75) is 38.5 Å². The molecule has 9 nitrogen and oxygen atoms in total. The molecule has 2 amide bonds. The van der Waals surface area contributed by atoms with E-state index in [9.17, 15) is 22.8 Å². The Morgan fingerprint density at radius 3 is 2.85 bits per heavy atom. The summed E-state index contributed by atoms with van der Waals surface area (Å²) in [6, 6.07) is 3.01. The Morgan fingerprint density at radius 1 is 1.44 bits per heavy atom. The maximum Gasteiger partial charge on any atom is 0.312 e. The van der Waals surface area contributed by atoms with E-state index >= 15 is 0 Å². The van der Waals surface area contributed by atoms with E-state index in [2.05, 4.69) is 5.32 Å². The first-order chi connectivity index (χ1) is 12.7. The molecular formula is C17H22N2O7S. The zero-order valence-corrected chi connectivity index (χ0v) is 15.7. The maximum absolute atomic E-state index is 12.3. The van der Waals surface area contributed by atoms with Gasteiger partial charge >= 0.3 is 5.97 Å². The van der Waals surface area contributed by atoms with Gasteiger partial charge in [0.15, 0.2) is 15.9 Å². The summed E-state index contributed by atoms with van der Waals surface area (Å²) in [7, 11) is -3.11. The van der Waals surface area contributed by atoms with E-state index < -0.39 is 39.8 Å². The van der Waals surface area contributed by atoms with Crippen LogP contribution in [0.1, 0.15) is 25.5 Å². The van der Waals surface area contributed by atoms with Crippen molar-refractivity contribution in [3.8, 4) is 0 Å². The molecular weight excluding hydrogens is 376 g/mol. The minimum absolute atomic E-state index is 0.0226. The minimum atomic E-state index is -3.11. The normalized spacial score (nSPS) is 25.4. The zero-order valence-electron chi connectivity index (χ0n) is 14.9. The molecule has 148 valence electrons. The lowest BCUT2D eigenvalue weighted by Crippen LogP contribution is -2.43. The second kappa shape index (κ2) is 7.71. The lowest BCUT2D eigenvalue weighted by molar-refractivity contribution is -0.158. The van der Waals surface area contributed by atoms with Crippen LogP contribution in [0.15, 0.2) is 22.8 Å². The van der Waals surface area contributed by atoms with E-state index in [1.54, 1.807) is 12.1 Å². The van der Waals surface area contributed by atoms with Crippen LogP contribution in [0.2, 0.25) is 0 Å². The van der Waals surface area contributed by atoms with Gasteiger partial charge in [0.05, 0.1) is 30.2 Å². The minimum Gasteiger partial charge on any atom is -0.467 e. The van der Waals surface area contributed by atoms with Gasteiger partial charge in [0.2, 0.25) is 5.91 Å². The number of ether oxygens (including phenoxy) is 1. The molecule has 1 N–H and O–H groups in total. The molecule has 10 heteroatoms. The number of likely N-dealkylation sites (tertiary alicyclic amines) is 1. The summed E-state index contributed by atoms with van der Waals surface area (Å²) in [5, 5.41) is 2.59. The number of amides is 2. The maximum atomic E-state index is 12.3. The molecule has 2 saturated heterocycles. The highest BCUT2D eigenvalue weighted by atomic mass is 32.2. The van der Waals surface area contributed by atoms with Gasteiger partial charge in [-0.1, -0.05) is 0 Å². The monoisotopic (exact) mass is 398 g/mol. The number of carbonyl (C=O) groups excluding carboxylic acids is 3. The molecule has 0 spiro atoms. The first-order valence-electron chi connectivity index (χ1n) is 8.75. The molecule has 0 radical (unpaired) electrons. The van der Waals surface area contributed by atoms with Crippen molar-refractivity contribution in [3.63, 3.8) is 0 Å². The largest absolute Gasteiger partial charge is 0.467 e. The number of carbonyl (C=O) groups is 3. The first-order valence-corrected chi connectivity index (χ1v) is 10.6. The van der Waals surface area contributed by atoms with Crippen molar-refractivity contribution in [1.82, 2.24) is 10.2 Å². The second-order valence-corrected chi connectivity index (χ2v) is 9.17. The summed E-state index contributed by atoms with van der Waals surface area (Å²) in [5.41, 5.74) is 0. The molecule has 2 fully saturated rings. The van der Waals surface area contributed by atoms with Crippen LogP contribution < -0.4 is 5.32 Å². The quantitative estimate of drug-likeness (QED) is 0.662. The van der Waals surface area contributed by atoms with Crippen LogP contribution in [0.3, 0.4) is 0 Å². The van der Waals surface area contributed by atoms with Crippen molar-refractivity contribution < 1.29 is 32.0 Å². The van der Waals surface area contributed by atoms with Crippen LogP contribution >= 0.6 is 0 Å². The summed E-state index contributed by atoms with van der Waals surface area (Å²) in [5.74, 6) is -1.41. The summed E-state index contributed by atoms with van der Waals surface area (Å²) < 4.78 is 33.3. The SMILES string of the molecule is C[C@@H](OC(=O)[C@@H]1CC(=O)N(Cc2ccco2)C1)C(=O)N[C@@H]1CCS(=O)(=O)C1. The predicted molar refractivity (Wildman–Crippen MR) is 93.0 cm³/mol. The Bertz CT molecular complexity index is 818. The van der Waals surface area contributed by atoms with Gasteiger partial charge in [0.25, 0.3) is 5.91 Å². The molecule has 3 rings (SSSR count). The van der Waals surface area contributed by atoms with Crippen molar-refractivity contribution in [2.75, 3.05) is 18.1 Å². The number of sulfone groups is 1. The topological polar surface area (TPSA) is 123 Å². The molecule has 0 aliphatic carbocycles. The van der Waals surface area contributed by atoms with Gasteiger partial charge in [0.1, 0.15) is 5.76 Å². The van der Waals surface area contributed by atoms with Crippen molar-refractivity contribution in [2.24, 2.45) is 5.92 Å². The van der Waals surface area contributed by atoms with E-state index in [1.807, 2.05) is 0 Å². The molecule has 0 aromatic carbocycles. The molecule has 0 unspecified atom stereocenters. The highest BCUT2D eigenvalue weighted by Crippen LogP contribution is 2.22. The summed E-state index contributed by atoms with van der Waals surface area (Å²) in [6.45, 7) is 1.91. The molecule has 0 bridgehead atoms. The van der Waals surface area contributed by atoms with Crippen molar-refractivity contribution >= 4 is 27.6 Å². The average molecular weight is 398 g/mol. The third kappa shape index (κ3) is 4.88. The Kier molecular flexibility index (Phi) is 5.54. The molecule has 1 aromatic heterocycles. The summed E-state index contributed by atoms with van der Waals surface area (Å²) in [4.78, 5) is 38.0. The molecule has 2 aliphatic rings. The highest BCUT2D eigenvalue weighted by Gasteiger charge is 2.37. The fraction of sp³-hybridized carbons (Fsp3) is 0.588. The van der Waals surface area contributed by atoms with Gasteiger partial charge in [-0.05, 0) is 25.5 Å². The fourth-order valence-corrected chi connectivity index (χ4v) is 4.90. The van der Waals surface area contributed by atoms with Crippen molar-refractivity contribution in [3.05, 3.63) is 24.2 Å². The van der Waals surface area contributed by atoms with E-state index in [1.165, 1.54) is 18.1 Å². The number of nitrogens with zero attached hydrogens (tertiary/aromatic N) is 1. The summed E-state index contributed by atoms with van der Waals surface area (Å²) >= 11 is 0. The average Bonchev–Trinajstić information content (AvgIpc) is 3.30. The smallest absolute Gasteiger partial charge is 0.312 e. The van der Waals surface area contributed by atoms with Crippen LogP contribution in [0, 0.1) is 5.92 Å². The van der Waals surface area contributed by atoms with Gasteiger partial charge in [-0.15, -0.1) is 0 Å². The van der Waals surface area contributed by atoms with Gasteiger partial charge < -0.3 is 19.4 Å². The molecule has 3 atom stereocenters. The first kappa shape index (κ1) is 19.4. The summed E-state index contributed by atoms with van der Waals surface area (Å²) in [6.07, 6.45) is 0.829. The lowest BCUT2D eigenvalue weighted by Gasteiger charge is -2.18. The third-order valence-electron chi connectivity index (χ3n) is 4.72. The van der Waals surface area contributed by atoms with E-state index in [0.717, 1.165) is 0 Å². The fourth-order valence-electron chi connectivity index (χ4n) is 3.22. The molecule has 0 saturated carbocycles. The standard InChI is InChI=1S/C17H22N2O7S/c1-11(16(21)18-13-4-6-27(23,24)10-13)26-17(22)12-7-15(20)19(8-12)9-14-3-2-5-25-14/h2-3,5,11-13H,4,6-10H2,1H3,(H,18,21)/t11-,12-,13-/m1/s1. The number of nitrogens with one attached hydrogen (secondary N) is 1. The van der Waals surface area contributed by atoms with E-state index in [4.69, 9.17) is 9.15 Å². The number of furan rings is 1. The molecule has 2 aliphatic heterocycles. The Hall–Kier alpha value is -2.36. The van der Waals surface area contributed by atoms with Gasteiger partial charge in [-0.2, -0.15) is 0 Å². The van der Waals surface area contributed by atoms with E-state index in [-0.39, 0.29) is 36.9 Å². The molecule has 27 heavy (non-hydrogen) atoms. The second-order valence-electron chi connectivity index (χ2n) is 6.94. The number of esters is 1. The number of hydrogen-bond donors (Lipinski definition) is 1. The van der Waals surface area contributed by atoms with Crippen LogP contribution in [0.5, 0.6) is 0 Å². The van der Waals surface area contributed by atoms with E-state index in [0.29, 0.717) is 12.2 Å².